The third-order valence-corrected chi connectivity index (χ3v) is 3.61. The van der Waals surface area contributed by atoms with E-state index in [4.69, 9.17) is 0 Å². The zero-order valence-corrected chi connectivity index (χ0v) is 9.63. The van der Waals surface area contributed by atoms with Gasteiger partial charge in [0.25, 0.3) is 4.96 Å². The molecule has 0 aliphatic carbocycles. The molecule has 0 amide bonds. The van der Waals surface area contributed by atoms with Gasteiger partial charge in [-0.15, -0.1) is 0 Å². The Morgan fingerprint density at radius 1 is 1.65 bits per heavy atom. The summed E-state index contributed by atoms with van der Waals surface area (Å²) in [4.78, 5) is 17.3. The van der Waals surface area contributed by atoms with Crippen molar-refractivity contribution in [3.05, 3.63) is 21.7 Å². The summed E-state index contributed by atoms with van der Waals surface area (Å²) in [7, 11) is 0. The molecular formula is C9H10N4O3S. The summed E-state index contributed by atoms with van der Waals surface area (Å²) in [6.07, 6.45) is 1.85. The number of fused-ring (bicyclic) bond motifs is 1. The minimum Gasteiger partial charge on any atom is -0.391 e. The van der Waals surface area contributed by atoms with Crippen LogP contribution >= 0.6 is 11.3 Å². The highest BCUT2D eigenvalue weighted by Crippen LogP contribution is 2.32. The van der Waals surface area contributed by atoms with Crippen LogP contribution in [0.1, 0.15) is 6.42 Å². The van der Waals surface area contributed by atoms with Gasteiger partial charge in [-0.1, -0.05) is 11.3 Å². The predicted octanol–water partition coefficient (Wildman–Crippen LogP) is 0.875. The second kappa shape index (κ2) is 3.67. The van der Waals surface area contributed by atoms with Crippen LogP contribution in [0.2, 0.25) is 0 Å². The van der Waals surface area contributed by atoms with Gasteiger partial charge < -0.3 is 20.1 Å². The molecule has 2 aromatic heterocycles. The number of anilines is 1. The average molecular weight is 254 g/mol. The maximum atomic E-state index is 11.1. The molecule has 1 aliphatic heterocycles. The summed E-state index contributed by atoms with van der Waals surface area (Å²) in [6.45, 7) is 1.01. The van der Waals surface area contributed by atoms with Crippen molar-refractivity contribution in [3.63, 3.8) is 0 Å². The molecule has 0 spiro atoms. The van der Waals surface area contributed by atoms with E-state index in [2.05, 4.69) is 4.98 Å². The standard InChI is InChI=1S/C9H10N4O3S/c14-6-1-2-11(5-6)7-8(13(15)16)12-3-4-17-9(12)10-7/h3-4,6,14H,1-2,5H2. The fraction of sp³-hybridized carbons (Fsp3) is 0.444. The molecule has 1 unspecified atom stereocenters. The minimum absolute atomic E-state index is 0.0182. The van der Waals surface area contributed by atoms with Gasteiger partial charge in [0.2, 0.25) is 5.82 Å². The monoisotopic (exact) mass is 254 g/mol. The number of hydrogen-bond donors (Lipinski definition) is 1. The molecule has 1 fully saturated rings. The van der Waals surface area contributed by atoms with E-state index in [1.165, 1.54) is 15.7 Å². The van der Waals surface area contributed by atoms with Crippen LogP contribution < -0.4 is 4.90 Å². The largest absolute Gasteiger partial charge is 0.391 e. The van der Waals surface area contributed by atoms with Crippen LogP contribution in [0, 0.1) is 10.1 Å². The van der Waals surface area contributed by atoms with Crippen LogP contribution in [0.25, 0.3) is 4.96 Å². The molecule has 0 bridgehead atoms. The highest BCUT2D eigenvalue weighted by Gasteiger charge is 2.31. The van der Waals surface area contributed by atoms with E-state index in [9.17, 15) is 15.2 Å². The van der Waals surface area contributed by atoms with E-state index in [1.807, 2.05) is 0 Å². The third kappa shape index (κ3) is 1.56. The third-order valence-electron chi connectivity index (χ3n) is 2.86. The number of hydrogen-bond acceptors (Lipinski definition) is 6. The molecule has 7 nitrogen and oxygen atoms in total. The fourth-order valence-corrected chi connectivity index (χ4v) is 2.78. The molecule has 0 radical (unpaired) electrons. The molecule has 0 saturated carbocycles. The van der Waals surface area contributed by atoms with Crippen molar-refractivity contribution >= 4 is 27.9 Å². The van der Waals surface area contributed by atoms with Gasteiger partial charge in [-0.2, -0.15) is 9.38 Å². The van der Waals surface area contributed by atoms with E-state index in [1.54, 1.807) is 16.5 Å². The van der Waals surface area contributed by atoms with E-state index >= 15 is 0 Å². The van der Waals surface area contributed by atoms with Crippen molar-refractivity contribution in [1.82, 2.24) is 9.38 Å². The molecular weight excluding hydrogens is 244 g/mol. The van der Waals surface area contributed by atoms with Crippen molar-refractivity contribution in [2.45, 2.75) is 12.5 Å². The van der Waals surface area contributed by atoms with Crippen LogP contribution in [0.15, 0.2) is 11.6 Å². The number of rotatable bonds is 2. The van der Waals surface area contributed by atoms with E-state index in [0.29, 0.717) is 30.3 Å². The Bertz CT molecular complexity index is 578. The van der Waals surface area contributed by atoms with Crippen molar-refractivity contribution in [2.75, 3.05) is 18.0 Å². The maximum absolute atomic E-state index is 11.1. The lowest BCUT2D eigenvalue weighted by molar-refractivity contribution is -0.389. The van der Waals surface area contributed by atoms with Crippen molar-refractivity contribution < 1.29 is 10.0 Å². The first-order valence-corrected chi connectivity index (χ1v) is 6.07. The summed E-state index contributed by atoms with van der Waals surface area (Å²) in [5.41, 5.74) is 0. The molecule has 3 rings (SSSR count). The highest BCUT2D eigenvalue weighted by atomic mass is 32.1. The normalized spacial score (nSPS) is 20.3. The number of aliphatic hydroxyl groups excluding tert-OH is 1. The first kappa shape index (κ1) is 10.5. The van der Waals surface area contributed by atoms with Crippen LogP contribution in [0.4, 0.5) is 11.6 Å². The van der Waals surface area contributed by atoms with Crippen molar-refractivity contribution in [3.8, 4) is 0 Å². The molecule has 3 heterocycles. The van der Waals surface area contributed by atoms with Crippen LogP contribution in [0.3, 0.4) is 0 Å². The maximum Gasteiger partial charge on any atom is 0.373 e. The summed E-state index contributed by atoms with van der Waals surface area (Å²) in [5.74, 6) is 0.341. The molecule has 1 atom stereocenters. The lowest BCUT2D eigenvalue weighted by Gasteiger charge is -2.13. The summed E-state index contributed by atoms with van der Waals surface area (Å²) in [6, 6.07) is 0. The number of aromatic nitrogens is 2. The van der Waals surface area contributed by atoms with Gasteiger partial charge in [0.05, 0.1) is 6.10 Å². The molecule has 17 heavy (non-hydrogen) atoms. The Morgan fingerprint density at radius 3 is 3.12 bits per heavy atom. The number of imidazole rings is 1. The molecule has 8 heteroatoms. The first-order valence-electron chi connectivity index (χ1n) is 5.20. The summed E-state index contributed by atoms with van der Waals surface area (Å²) < 4.78 is 1.48. The predicted molar refractivity (Wildman–Crippen MR) is 62.6 cm³/mol. The van der Waals surface area contributed by atoms with Gasteiger partial charge in [-0.05, 0) is 11.3 Å². The highest BCUT2D eigenvalue weighted by molar-refractivity contribution is 7.15. The van der Waals surface area contributed by atoms with Crippen LogP contribution in [-0.4, -0.2) is 38.6 Å². The lowest BCUT2D eigenvalue weighted by Crippen LogP contribution is -2.22. The van der Waals surface area contributed by atoms with E-state index in [-0.39, 0.29) is 5.82 Å². The number of thiazole rings is 1. The second-order valence-corrected chi connectivity index (χ2v) is 4.83. The Morgan fingerprint density at radius 2 is 2.47 bits per heavy atom. The molecule has 90 valence electrons. The zero-order chi connectivity index (χ0) is 12.0. The minimum atomic E-state index is -0.424. The topological polar surface area (TPSA) is 83.9 Å². The fourth-order valence-electron chi connectivity index (χ4n) is 2.08. The number of β-amino-alcohol motifs (C(OH)–C–C–N with tert-alkyl or cyclic N) is 1. The Hall–Kier alpha value is -1.67. The molecule has 1 saturated heterocycles. The van der Waals surface area contributed by atoms with Gasteiger partial charge in [-0.3, -0.25) is 0 Å². The molecule has 2 aromatic rings. The summed E-state index contributed by atoms with van der Waals surface area (Å²) >= 11 is 1.36. The average Bonchev–Trinajstić information content (AvgIpc) is 2.88. The summed E-state index contributed by atoms with van der Waals surface area (Å²) in [5, 5.41) is 22.3. The second-order valence-electron chi connectivity index (χ2n) is 3.96. The SMILES string of the molecule is O=[N+]([O-])c1c(N2CCC(O)C2)nc2sccn12. The van der Waals surface area contributed by atoms with E-state index in [0.717, 1.165) is 0 Å². The van der Waals surface area contributed by atoms with Gasteiger partial charge in [0, 0.05) is 18.5 Å². The quantitative estimate of drug-likeness (QED) is 0.635. The Labute approximate surface area is 100 Å². The Balaban J connectivity index is 2.11. The van der Waals surface area contributed by atoms with Gasteiger partial charge in [-0.25, -0.2) is 0 Å². The van der Waals surface area contributed by atoms with Crippen molar-refractivity contribution in [2.24, 2.45) is 0 Å². The van der Waals surface area contributed by atoms with Gasteiger partial charge >= 0.3 is 5.82 Å². The number of aliphatic hydroxyl groups is 1. The first-order chi connectivity index (χ1) is 8.16. The smallest absolute Gasteiger partial charge is 0.373 e. The van der Waals surface area contributed by atoms with Gasteiger partial charge in [0.15, 0.2) is 0 Å². The van der Waals surface area contributed by atoms with E-state index < -0.39 is 11.0 Å². The lowest BCUT2D eigenvalue weighted by atomic mass is 10.3. The van der Waals surface area contributed by atoms with Gasteiger partial charge in [0.1, 0.15) is 6.20 Å². The molecule has 0 aromatic carbocycles. The zero-order valence-electron chi connectivity index (χ0n) is 8.81. The van der Waals surface area contributed by atoms with Crippen LogP contribution in [0.5, 0.6) is 0 Å². The molecule has 1 aliphatic rings. The number of nitro groups is 1. The van der Waals surface area contributed by atoms with Crippen molar-refractivity contribution in [1.29, 1.82) is 0 Å². The van der Waals surface area contributed by atoms with Crippen LogP contribution in [-0.2, 0) is 0 Å². The number of nitrogens with zero attached hydrogens (tertiary/aromatic N) is 4. The molecule has 1 N–H and O–H groups in total. The Kier molecular flexibility index (Phi) is 2.26.